The Morgan fingerprint density at radius 3 is 2.70 bits per heavy atom. The first kappa shape index (κ1) is 20.8. The van der Waals surface area contributed by atoms with Gasteiger partial charge in [0.25, 0.3) is 5.91 Å². The van der Waals surface area contributed by atoms with Crippen molar-refractivity contribution in [3.63, 3.8) is 0 Å². The Morgan fingerprint density at radius 2 is 1.93 bits per heavy atom. The first-order chi connectivity index (χ1) is 14.6. The van der Waals surface area contributed by atoms with E-state index in [1.54, 1.807) is 11.0 Å². The van der Waals surface area contributed by atoms with Gasteiger partial charge >= 0.3 is 0 Å². The second-order valence-corrected chi connectivity index (χ2v) is 8.06. The molecular formula is C23H26ClN3O3. The van der Waals surface area contributed by atoms with Gasteiger partial charge in [-0.1, -0.05) is 23.7 Å². The third kappa shape index (κ3) is 5.19. The van der Waals surface area contributed by atoms with E-state index in [0.29, 0.717) is 34.0 Å². The number of carbonyl (C=O) groups is 1. The van der Waals surface area contributed by atoms with Gasteiger partial charge in [0.2, 0.25) is 0 Å². The number of benzene rings is 2. The predicted octanol–water partition coefficient (Wildman–Crippen LogP) is 3.87. The zero-order valence-corrected chi connectivity index (χ0v) is 17.9. The number of oxazole rings is 1. The summed E-state index contributed by atoms with van der Waals surface area (Å²) >= 11 is 5.94. The Labute approximate surface area is 181 Å². The molecule has 1 aliphatic rings. The van der Waals surface area contributed by atoms with E-state index in [1.807, 2.05) is 43.4 Å². The largest absolute Gasteiger partial charge is 0.440 e. The van der Waals surface area contributed by atoms with Crippen LogP contribution in [0.4, 0.5) is 0 Å². The van der Waals surface area contributed by atoms with Crippen molar-refractivity contribution in [2.45, 2.75) is 12.8 Å². The number of ether oxygens (including phenoxy) is 1. The van der Waals surface area contributed by atoms with Crippen molar-refractivity contribution < 1.29 is 13.9 Å². The molecule has 0 radical (unpaired) electrons. The van der Waals surface area contributed by atoms with Crippen molar-refractivity contribution in [3.8, 4) is 0 Å². The molecule has 0 spiro atoms. The van der Waals surface area contributed by atoms with Crippen LogP contribution in [0, 0.1) is 0 Å². The summed E-state index contributed by atoms with van der Waals surface area (Å²) in [5.41, 5.74) is 3.09. The SMILES string of the molecule is CN(CCCN1CCOCC1)C(=O)c1ccc2oc(Cc3ccc(Cl)cc3)nc2c1. The lowest BCUT2D eigenvalue weighted by molar-refractivity contribution is 0.0361. The second-order valence-electron chi connectivity index (χ2n) is 7.63. The number of carbonyl (C=O) groups excluding carboxylic acids is 1. The second kappa shape index (κ2) is 9.60. The van der Waals surface area contributed by atoms with Crippen LogP contribution in [0.3, 0.4) is 0 Å². The van der Waals surface area contributed by atoms with Crippen LogP contribution in [0.5, 0.6) is 0 Å². The number of hydrogen-bond donors (Lipinski definition) is 0. The molecule has 0 atom stereocenters. The highest BCUT2D eigenvalue weighted by atomic mass is 35.5. The molecule has 0 unspecified atom stereocenters. The average Bonchev–Trinajstić information content (AvgIpc) is 3.17. The van der Waals surface area contributed by atoms with Gasteiger partial charge in [0.05, 0.1) is 13.2 Å². The van der Waals surface area contributed by atoms with Gasteiger partial charge in [-0.2, -0.15) is 0 Å². The fourth-order valence-electron chi connectivity index (χ4n) is 3.64. The zero-order valence-electron chi connectivity index (χ0n) is 17.1. The highest BCUT2D eigenvalue weighted by Gasteiger charge is 2.16. The third-order valence-corrected chi connectivity index (χ3v) is 5.62. The van der Waals surface area contributed by atoms with E-state index in [9.17, 15) is 4.79 Å². The van der Waals surface area contributed by atoms with Gasteiger partial charge in [-0.3, -0.25) is 9.69 Å². The molecule has 4 rings (SSSR count). The third-order valence-electron chi connectivity index (χ3n) is 5.37. The molecule has 30 heavy (non-hydrogen) atoms. The van der Waals surface area contributed by atoms with Crippen LogP contribution in [-0.2, 0) is 11.2 Å². The van der Waals surface area contributed by atoms with Gasteiger partial charge in [0.1, 0.15) is 5.52 Å². The number of aromatic nitrogens is 1. The van der Waals surface area contributed by atoms with E-state index in [1.165, 1.54) is 0 Å². The predicted molar refractivity (Wildman–Crippen MR) is 117 cm³/mol. The lowest BCUT2D eigenvalue weighted by atomic mass is 10.1. The molecule has 1 saturated heterocycles. The smallest absolute Gasteiger partial charge is 0.253 e. The molecular weight excluding hydrogens is 402 g/mol. The van der Waals surface area contributed by atoms with E-state index >= 15 is 0 Å². The summed E-state index contributed by atoms with van der Waals surface area (Å²) in [6.45, 7) is 5.24. The molecule has 1 amide bonds. The number of amides is 1. The summed E-state index contributed by atoms with van der Waals surface area (Å²) in [7, 11) is 1.85. The normalized spacial score (nSPS) is 14.9. The Kier molecular flexibility index (Phi) is 6.67. The van der Waals surface area contributed by atoms with E-state index < -0.39 is 0 Å². The molecule has 0 saturated carbocycles. The molecule has 158 valence electrons. The van der Waals surface area contributed by atoms with Gasteiger partial charge in [-0.05, 0) is 42.3 Å². The Morgan fingerprint density at radius 1 is 1.17 bits per heavy atom. The molecule has 3 aromatic rings. The van der Waals surface area contributed by atoms with Gasteiger partial charge in [0.15, 0.2) is 11.5 Å². The van der Waals surface area contributed by atoms with Crippen LogP contribution in [-0.4, -0.2) is 67.1 Å². The first-order valence-electron chi connectivity index (χ1n) is 10.3. The van der Waals surface area contributed by atoms with Crippen molar-refractivity contribution in [2.75, 3.05) is 46.4 Å². The standard InChI is InChI=1S/C23H26ClN3O3/c1-26(9-2-10-27-11-13-29-14-12-27)23(28)18-5-8-21-20(16-18)25-22(30-21)15-17-3-6-19(24)7-4-17/h3-8,16H,2,9-15H2,1H3. The highest BCUT2D eigenvalue weighted by molar-refractivity contribution is 6.30. The van der Waals surface area contributed by atoms with E-state index in [4.69, 9.17) is 20.8 Å². The zero-order chi connectivity index (χ0) is 20.9. The molecule has 0 aliphatic carbocycles. The van der Waals surface area contributed by atoms with Gasteiger partial charge in [-0.25, -0.2) is 4.98 Å². The summed E-state index contributed by atoms with van der Waals surface area (Å²) in [6, 6.07) is 13.1. The number of morpholine rings is 1. The van der Waals surface area contributed by atoms with Crippen molar-refractivity contribution in [3.05, 3.63) is 64.5 Å². The Bertz CT molecular complexity index is 997. The van der Waals surface area contributed by atoms with Crippen LogP contribution >= 0.6 is 11.6 Å². The van der Waals surface area contributed by atoms with Crippen molar-refractivity contribution >= 4 is 28.6 Å². The molecule has 1 aromatic heterocycles. The lowest BCUT2D eigenvalue weighted by Crippen LogP contribution is -2.38. The molecule has 7 heteroatoms. The Hall–Kier alpha value is -2.41. The van der Waals surface area contributed by atoms with E-state index in [0.717, 1.165) is 51.4 Å². The minimum absolute atomic E-state index is 0.00105. The summed E-state index contributed by atoms with van der Waals surface area (Å²) in [5.74, 6) is 0.622. The van der Waals surface area contributed by atoms with Crippen molar-refractivity contribution in [1.29, 1.82) is 0 Å². The maximum absolute atomic E-state index is 12.8. The number of halogens is 1. The fraction of sp³-hybridized carbons (Fsp3) is 0.391. The fourth-order valence-corrected chi connectivity index (χ4v) is 3.76. The molecule has 1 fully saturated rings. The number of rotatable bonds is 7. The summed E-state index contributed by atoms with van der Waals surface area (Å²) in [5, 5.41) is 0.702. The van der Waals surface area contributed by atoms with Crippen molar-refractivity contribution in [1.82, 2.24) is 14.8 Å². The minimum atomic E-state index is 0.00105. The van der Waals surface area contributed by atoms with E-state index in [-0.39, 0.29) is 5.91 Å². The van der Waals surface area contributed by atoms with Gasteiger partial charge < -0.3 is 14.1 Å². The van der Waals surface area contributed by atoms with Crippen LogP contribution in [0.2, 0.25) is 5.02 Å². The summed E-state index contributed by atoms with van der Waals surface area (Å²) in [4.78, 5) is 21.5. The van der Waals surface area contributed by atoms with Crippen LogP contribution < -0.4 is 0 Å². The minimum Gasteiger partial charge on any atom is -0.440 e. The highest BCUT2D eigenvalue weighted by Crippen LogP contribution is 2.21. The first-order valence-corrected chi connectivity index (χ1v) is 10.7. The average molecular weight is 428 g/mol. The molecule has 1 aliphatic heterocycles. The Balaban J connectivity index is 1.37. The van der Waals surface area contributed by atoms with Crippen LogP contribution in [0.15, 0.2) is 46.9 Å². The van der Waals surface area contributed by atoms with Gasteiger partial charge in [-0.15, -0.1) is 0 Å². The topological polar surface area (TPSA) is 58.8 Å². The molecule has 0 bridgehead atoms. The van der Waals surface area contributed by atoms with Crippen LogP contribution in [0.1, 0.15) is 28.2 Å². The quantitative estimate of drug-likeness (QED) is 0.573. The lowest BCUT2D eigenvalue weighted by Gasteiger charge is -2.27. The summed E-state index contributed by atoms with van der Waals surface area (Å²) in [6.07, 6.45) is 1.52. The number of hydrogen-bond acceptors (Lipinski definition) is 5. The maximum atomic E-state index is 12.8. The van der Waals surface area contributed by atoms with Crippen LogP contribution in [0.25, 0.3) is 11.1 Å². The summed E-state index contributed by atoms with van der Waals surface area (Å²) < 4.78 is 11.2. The monoisotopic (exact) mass is 427 g/mol. The molecule has 2 heterocycles. The number of nitrogens with zero attached hydrogens (tertiary/aromatic N) is 3. The van der Waals surface area contributed by atoms with E-state index in [2.05, 4.69) is 9.88 Å². The number of fused-ring (bicyclic) bond motifs is 1. The molecule has 0 N–H and O–H groups in total. The maximum Gasteiger partial charge on any atom is 0.253 e. The van der Waals surface area contributed by atoms with Gasteiger partial charge in [0, 0.05) is 50.2 Å². The van der Waals surface area contributed by atoms with Crippen molar-refractivity contribution in [2.24, 2.45) is 0 Å². The molecule has 2 aromatic carbocycles. The molecule has 6 nitrogen and oxygen atoms in total.